The lowest BCUT2D eigenvalue weighted by Crippen LogP contribution is -2.29. The van der Waals surface area contributed by atoms with Crippen LogP contribution in [0.15, 0.2) is 109 Å². The van der Waals surface area contributed by atoms with Gasteiger partial charge in [-0.2, -0.15) is 0 Å². The van der Waals surface area contributed by atoms with Gasteiger partial charge in [0, 0.05) is 12.8 Å². The minimum absolute atomic E-state index is 0.0152. The van der Waals surface area contributed by atoms with Crippen molar-refractivity contribution >= 4 is 19.8 Å². The number of aliphatic hydroxyl groups excluding tert-OH is 2. The van der Waals surface area contributed by atoms with Gasteiger partial charge in [0.2, 0.25) is 0 Å². The van der Waals surface area contributed by atoms with Crippen LogP contribution in [0.3, 0.4) is 0 Å². The zero-order valence-electron chi connectivity index (χ0n) is 34.0. The van der Waals surface area contributed by atoms with Crippen molar-refractivity contribution in [2.24, 2.45) is 0 Å². The van der Waals surface area contributed by atoms with Gasteiger partial charge in [0.1, 0.15) is 6.61 Å². The molecular weight excluding hydrogens is 731 g/mol. The number of carbonyl (C=O) groups excluding carboxylic acids is 2. The summed E-state index contributed by atoms with van der Waals surface area (Å²) < 4.78 is 26.1. The molecule has 4 N–H and O–H groups in total. The lowest BCUT2D eigenvalue weighted by Gasteiger charge is -2.18. The molecule has 0 aliphatic rings. The van der Waals surface area contributed by atoms with E-state index in [2.05, 4.69) is 67.0 Å². The topological polar surface area (TPSA) is 160 Å². The summed E-state index contributed by atoms with van der Waals surface area (Å²) in [5, 5.41) is 20.2. The molecule has 0 aliphatic carbocycles. The van der Waals surface area contributed by atoms with E-state index in [0.717, 1.165) is 38.5 Å². The third kappa shape index (κ3) is 40.3. The number of allylic oxidation sites excluding steroid dienone is 15. The molecule has 56 heavy (non-hydrogen) atoms. The Morgan fingerprint density at radius 3 is 1.61 bits per heavy atom. The summed E-state index contributed by atoms with van der Waals surface area (Å²) in [5.41, 5.74) is 0. The SMILES string of the molecule is CCCCC/C=C\C/C=C\C/C=C\C/C=C\C/C=C\CCC(=O)O[C@H](COC(=O)CCC[C@H](O)\C=C/C=C/C=C/[C@H](O)C/C=C\CCCCC)COP(=O)(O)O. The van der Waals surface area contributed by atoms with Crippen molar-refractivity contribution in [3.8, 4) is 0 Å². The van der Waals surface area contributed by atoms with Gasteiger partial charge in [-0.1, -0.05) is 149 Å². The van der Waals surface area contributed by atoms with Crippen molar-refractivity contribution in [2.45, 2.75) is 148 Å². The molecule has 316 valence electrons. The summed E-state index contributed by atoms with van der Waals surface area (Å²) in [6, 6.07) is 0. The molecule has 11 heteroatoms. The first-order chi connectivity index (χ1) is 27.1. The fourth-order valence-corrected chi connectivity index (χ4v) is 5.20. The monoisotopic (exact) mass is 802 g/mol. The molecule has 3 atom stereocenters. The zero-order valence-corrected chi connectivity index (χ0v) is 34.8. The molecule has 0 aromatic carbocycles. The van der Waals surface area contributed by atoms with Gasteiger partial charge in [0.25, 0.3) is 0 Å². The molecule has 0 spiro atoms. The Bertz CT molecular complexity index is 1300. The van der Waals surface area contributed by atoms with Crippen molar-refractivity contribution in [1.29, 1.82) is 0 Å². The largest absolute Gasteiger partial charge is 0.469 e. The Morgan fingerprint density at radius 2 is 1.07 bits per heavy atom. The van der Waals surface area contributed by atoms with Crippen LogP contribution in [0.4, 0.5) is 0 Å². The molecule has 0 amide bonds. The Balaban J connectivity index is 4.35. The predicted molar refractivity (Wildman–Crippen MR) is 228 cm³/mol. The standard InChI is InChI=1S/C45H71O10P/c1-3-5-7-9-11-12-13-14-15-16-17-18-19-20-21-22-23-25-31-37-45(49)55-43(40-54-56(50,51)52)39-53-44(48)38-32-36-42(47)35-30-27-26-29-34-41(46)33-28-24-10-8-6-4-2/h11-12,14-15,17-18,20-21,23-30,34-35,41-43,46-47H,3-10,13,16,19,22,31-33,36-40H2,1-2H3,(H2,50,51,52)/b12-11-,15-14-,18-17-,21-20-,25-23-,27-26+,28-24-,34-29+,35-30-/t41-,42-,43-/m1/s1. The maximum atomic E-state index is 12.4. The van der Waals surface area contributed by atoms with Gasteiger partial charge >= 0.3 is 19.8 Å². The summed E-state index contributed by atoms with van der Waals surface area (Å²) in [7, 11) is -4.84. The van der Waals surface area contributed by atoms with Crippen molar-refractivity contribution in [2.75, 3.05) is 13.2 Å². The minimum atomic E-state index is -4.84. The quantitative estimate of drug-likeness (QED) is 0.0160. The molecule has 0 aromatic rings. The fourth-order valence-electron chi connectivity index (χ4n) is 4.84. The summed E-state index contributed by atoms with van der Waals surface area (Å²) in [5.74, 6) is -1.23. The van der Waals surface area contributed by atoms with Crippen LogP contribution in [-0.4, -0.2) is 63.5 Å². The highest BCUT2D eigenvalue weighted by Gasteiger charge is 2.22. The van der Waals surface area contributed by atoms with Gasteiger partial charge in [0.15, 0.2) is 6.10 Å². The van der Waals surface area contributed by atoms with Crippen LogP contribution in [0.2, 0.25) is 0 Å². The second-order valence-electron chi connectivity index (χ2n) is 13.3. The third-order valence-electron chi connectivity index (χ3n) is 7.97. The van der Waals surface area contributed by atoms with E-state index in [0.29, 0.717) is 32.1 Å². The highest BCUT2D eigenvalue weighted by Crippen LogP contribution is 2.35. The molecule has 0 unspecified atom stereocenters. The molecule has 10 nitrogen and oxygen atoms in total. The number of esters is 2. The van der Waals surface area contributed by atoms with Gasteiger partial charge in [0.05, 0.1) is 18.8 Å². The van der Waals surface area contributed by atoms with E-state index in [9.17, 15) is 24.4 Å². The van der Waals surface area contributed by atoms with E-state index >= 15 is 0 Å². The molecule has 0 saturated carbocycles. The zero-order chi connectivity index (χ0) is 41.4. The maximum absolute atomic E-state index is 12.4. The number of hydrogen-bond donors (Lipinski definition) is 4. The lowest BCUT2D eigenvalue weighted by atomic mass is 10.1. The molecule has 0 bridgehead atoms. The third-order valence-corrected chi connectivity index (χ3v) is 8.45. The molecule has 0 radical (unpaired) electrons. The van der Waals surface area contributed by atoms with Crippen LogP contribution in [0, 0.1) is 0 Å². The second kappa shape index (κ2) is 38.5. The van der Waals surface area contributed by atoms with Crippen molar-refractivity contribution in [3.63, 3.8) is 0 Å². The maximum Gasteiger partial charge on any atom is 0.469 e. The first-order valence-electron chi connectivity index (χ1n) is 20.4. The highest BCUT2D eigenvalue weighted by molar-refractivity contribution is 7.46. The number of phosphoric ester groups is 1. The van der Waals surface area contributed by atoms with E-state index < -0.39 is 51.3 Å². The van der Waals surface area contributed by atoms with Crippen LogP contribution in [-0.2, 0) is 28.2 Å². The van der Waals surface area contributed by atoms with E-state index in [1.54, 1.807) is 36.5 Å². The van der Waals surface area contributed by atoms with Crippen LogP contribution < -0.4 is 0 Å². The average molecular weight is 803 g/mol. The number of phosphoric acid groups is 1. The first kappa shape index (κ1) is 52.6. The smallest absolute Gasteiger partial charge is 0.462 e. The molecule has 0 rings (SSSR count). The number of ether oxygens (including phenoxy) is 2. The summed E-state index contributed by atoms with van der Waals surface area (Å²) in [4.78, 5) is 42.8. The molecular formula is C45H71O10P. The molecule has 0 aliphatic heterocycles. The van der Waals surface area contributed by atoms with Gasteiger partial charge in [-0.3, -0.25) is 14.1 Å². The van der Waals surface area contributed by atoms with E-state index in [4.69, 9.17) is 19.3 Å². The van der Waals surface area contributed by atoms with Gasteiger partial charge in [-0.05, 0) is 77.0 Å². The fraction of sp³-hybridized carbons (Fsp3) is 0.556. The van der Waals surface area contributed by atoms with E-state index in [1.807, 2.05) is 24.3 Å². The molecule has 0 saturated heterocycles. The van der Waals surface area contributed by atoms with Gasteiger partial charge in [-0.25, -0.2) is 4.57 Å². The van der Waals surface area contributed by atoms with Gasteiger partial charge < -0.3 is 29.5 Å². The van der Waals surface area contributed by atoms with Crippen LogP contribution in [0.25, 0.3) is 0 Å². The van der Waals surface area contributed by atoms with Crippen LogP contribution >= 0.6 is 7.82 Å². The molecule has 0 aromatic heterocycles. The highest BCUT2D eigenvalue weighted by atomic mass is 31.2. The predicted octanol–water partition coefficient (Wildman–Crippen LogP) is 10.3. The Kier molecular flexibility index (Phi) is 36.2. The lowest BCUT2D eigenvalue weighted by molar-refractivity contribution is -0.161. The van der Waals surface area contributed by atoms with E-state index in [1.165, 1.54) is 32.1 Å². The normalized spacial score (nSPS) is 14.8. The first-order valence-corrected chi connectivity index (χ1v) is 21.9. The summed E-state index contributed by atoms with van der Waals surface area (Å²) >= 11 is 0. The Hall–Kier alpha value is -3.37. The number of unbranched alkanes of at least 4 members (excludes halogenated alkanes) is 6. The summed E-state index contributed by atoms with van der Waals surface area (Å²) in [6.45, 7) is 3.30. The Morgan fingerprint density at radius 1 is 0.571 bits per heavy atom. The number of hydrogen-bond acceptors (Lipinski definition) is 8. The van der Waals surface area contributed by atoms with Crippen LogP contribution in [0.1, 0.15) is 129 Å². The van der Waals surface area contributed by atoms with Crippen LogP contribution in [0.5, 0.6) is 0 Å². The van der Waals surface area contributed by atoms with Crippen molar-refractivity contribution < 1.29 is 48.2 Å². The number of carbonyl (C=O) groups is 2. The summed E-state index contributed by atoms with van der Waals surface area (Å²) in [6.07, 6.45) is 47.4. The Labute approximate surface area is 337 Å². The number of rotatable bonds is 35. The molecule has 0 fully saturated rings. The minimum Gasteiger partial charge on any atom is -0.462 e. The second-order valence-corrected chi connectivity index (χ2v) is 14.5. The average Bonchev–Trinajstić information content (AvgIpc) is 3.16. The number of aliphatic hydroxyl groups is 2. The molecule has 0 heterocycles. The van der Waals surface area contributed by atoms with Crippen molar-refractivity contribution in [1.82, 2.24) is 0 Å². The van der Waals surface area contributed by atoms with E-state index in [-0.39, 0.29) is 12.8 Å². The van der Waals surface area contributed by atoms with Gasteiger partial charge in [-0.15, -0.1) is 0 Å². The van der Waals surface area contributed by atoms with Crippen molar-refractivity contribution in [3.05, 3.63) is 109 Å².